The van der Waals surface area contributed by atoms with Crippen molar-refractivity contribution in [2.24, 2.45) is 5.73 Å². The average Bonchev–Trinajstić information content (AvgIpc) is 3.55. The second-order valence-corrected chi connectivity index (χ2v) is 17.8. The number of imide groups is 2. The van der Waals surface area contributed by atoms with Crippen LogP contribution in [0.2, 0.25) is 5.02 Å². The van der Waals surface area contributed by atoms with Crippen LogP contribution < -0.4 is 35.0 Å². The number of primary amides is 1. The molecule has 1 unspecified atom stereocenters. The molecular formula is C47H47ClN4O15S. The highest BCUT2D eigenvalue weighted by atomic mass is 35.5. The van der Waals surface area contributed by atoms with Crippen LogP contribution in [-0.2, 0) is 33.8 Å². The lowest BCUT2D eigenvalue weighted by Crippen LogP contribution is -2.54. The van der Waals surface area contributed by atoms with E-state index < -0.39 is 51.0 Å². The maximum absolute atomic E-state index is 13.6. The quantitative estimate of drug-likeness (QED) is 0.0712. The molecule has 0 saturated carbocycles. The number of nitrogens with zero attached hydrogens (tertiary/aromatic N) is 2. The van der Waals surface area contributed by atoms with Crippen molar-refractivity contribution in [1.82, 2.24) is 10.2 Å². The third-order valence-electron chi connectivity index (χ3n) is 10.9. The van der Waals surface area contributed by atoms with Crippen LogP contribution in [0, 0.1) is 0 Å². The summed E-state index contributed by atoms with van der Waals surface area (Å²) in [5.74, 6) is -2.04. The van der Waals surface area contributed by atoms with E-state index in [0.717, 1.165) is 15.5 Å². The van der Waals surface area contributed by atoms with Crippen LogP contribution in [0.4, 0.5) is 5.69 Å². The van der Waals surface area contributed by atoms with E-state index in [0.29, 0.717) is 41.4 Å². The zero-order chi connectivity index (χ0) is 48.7. The highest BCUT2D eigenvalue weighted by molar-refractivity contribution is 7.92. The summed E-state index contributed by atoms with van der Waals surface area (Å²) < 4.78 is 66.1. The van der Waals surface area contributed by atoms with Gasteiger partial charge in [-0.15, -0.1) is 0 Å². The van der Waals surface area contributed by atoms with E-state index >= 15 is 0 Å². The van der Waals surface area contributed by atoms with Crippen molar-refractivity contribution >= 4 is 67.8 Å². The van der Waals surface area contributed by atoms with Gasteiger partial charge in [0.05, 0.1) is 79.7 Å². The molecule has 1 atom stereocenters. The lowest BCUT2D eigenvalue weighted by molar-refractivity contribution is -0.136. The van der Waals surface area contributed by atoms with Crippen molar-refractivity contribution in [3.63, 3.8) is 0 Å². The van der Waals surface area contributed by atoms with Crippen LogP contribution in [-0.4, -0.2) is 122 Å². The number of benzene rings is 4. The first-order valence-corrected chi connectivity index (χ1v) is 23.6. The molecule has 2 aliphatic heterocycles. The number of rotatable bonds is 22. The van der Waals surface area contributed by atoms with Crippen LogP contribution >= 0.6 is 11.6 Å². The molecule has 0 spiro atoms. The van der Waals surface area contributed by atoms with Crippen LogP contribution in [0.25, 0.3) is 33.4 Å². The Balaban J connectivity index is 0.845. The minimum Gasteiger partial charge on any atom is -0.493 e. The van der Waals surface area contributed by atoms with Gasteiger partial charge in [0, 0.05) is 42.3 Å². The van der Waals surface area contributed by atoms with E-state index in [2.05, 4.69) is 5.32 Å². The molecule has 2 aliphatic rings. The third-order valence-corrected chi connectivity index (χ3v) is 12.4. The van der Waals surface area contributed by atoms with Crippen molar-refractivity contribution in [3.8, 4) is 39.7 Å². The minimum absolute atomic E-state index is 0.0234. The van der Waals surface area contributed by atoms with Gasteiger partial charge < -0.3 is 38.6 Å². The van der Waals surface area contributed by atoms with Crippen LogP contribution in [0.1, 0.15) is 50.8 Å². The number of ether oxygens (including phenoxy) is 6. The Labute approximate surface area is 395 Å². The maximum atomic E-state index is 13.6. The van der Waals surface area contributed by atoms with Gasteiger partial charge in [-0.2, -0.15) is 0 Å². The van der Waals surface area contributed by atoms with Gasteiger partial charge in [-0.1, -0.05) is 17.7 Å². The van der Waals surface area contributed by atoms with E-state index in [4.69, 9.17) is 50.2 Å². The van der Waals surface area contributed by atoms with Gasteiger partial charge in [0.25, 0.3) is 11.8 Å². The summed E-state index contributed by atoms with van der Waals surface area (Å²) in [6, 6.07) is 17.3. The normalized spacial score (nSPS) is 14.8. The van der Waals surface area contributed by atoms with Crippen LogP contribution in [0.5, 0.6) is 17.2 Å². The van der Waals surface area contributed by atoms with Gasteiger partial charge in [-0.3, -0.25) is 43.3 Å². The summed E-state index contributed by atoms with van der Waals surface area (Å²) in [4.78, 5) is 76.8. The first kappa shape index (κ1) is 49.1. The maximum Gasteiger partial charge on any atom is 0.266 e. The summed E-state index contributed by atoms with van der Waals surface area (Å²) in [6.07, 6.45) is 1.11. The summed E-state index contributed by atoms with van der Waals surface area (Å²) in [6.45, 7) is 3.87. The number of piperidine rings is 1. The number of carbonyl (C=O) groups excluding carboxylic acids is 5. The second kappa shape index (κ2) is 21.4. The van der Waals surface area contributed by atoms with E-state index in [9.17, 15) is 37.2 Å². The molecule has 4 aromatic carbocycles. The summed E-state index contributed by atoms with van der Waals surface area (Å²) in [5, 5.41) is 2.63. The Morgan fingerprint density at radius 2 is 1.50 bits per heavy atom. The van der Waals surface area contributed by atoms with Crippen LogP contribution in [0.15, 0.2) is 82.0 Å². The van der Waals surface area contributed by atoms with E-state index in [-0.39, 0.29) is 109 Å². The molecule has 3 N–H and O–H groups in total. The molecule has 1 aromatic heterocycles. The zero-order valence-electron chi connectivity index (χ0n) is 37.2. The number of hydrogen-bond donors (Lipinski definition) is 2. The van der Waals surface area contributed by atoms with Crippen molar-refractivity contribution in [2.45, 2.75) is 25.8 Å². The number of fused-ring (bicyclic) bond motifs is 2. The standard InChI is InChI=1S/C47H47ClN4O15S/c1-4-64-39-26-41-34(24-33(39)27-20-28(44(49)55)22-29(21-27)51(2)68(3,59)60)37(53)25-40(67-41)31-9-8-30(23-35(31)48)65-18-16-62-14-12-61-13-15-63-17-19-66-38-7-5-6-32-43(38)47(58)52(46(32)57)36-10-11-42(54)50-45(36)56/h5-9,20-26,36H,4,10-19H2,1-3H3,(H2,49,55)(H,50,54,56). The highest BCUT2D eigenvalue weighted by Gasteiger charge is 2.46. The Bertz CT molecular complexity index is 2960. The van der Waals surface area contributed by atoms with Crippen molar-refractivity contribution < 1.29 is 65.2 Å². The number of amides is 5. The number of nitrogens with two attached hydrogens (primary N) is 1. The molecular weight excluding hydrogens is 928 g/mol. The molecule has 0 aliphatic carbocycles. The Kier molecular flexibility index (Phi) is 15.5. The van der Waals surface area contributed by atoms with Gasteiger partial charge in [-0.25, -0.2) is 8.42 Å². The van der Waals surface area contributed by atoms with Crippen molar-refractivity contribution in [2.75, 3.05) is 77.1 Å². The molecule has 68 heavy (non-hydrogen) atoms. The summed E-state index contributed by atoms with van der Waals surface area (Å²) in [5.41, 5.74) is 7.06. The van der Waals surface area contributed by atoms with E-state index in [1.165, 1.54) is 31.3 Å². The van der Waals surface area contributed by atoms with Gasteiger partial charge in [-0.05, 0) is 73.5 Å². The average molecular weight is 975 g/mol. The summed E-state index contributed by atoms with van der Waals surface area (Å²) in [7, 11) is -2.34. The first-order chi connectivity index (χ1) is 32.5. The van der Waals surface area contributed by atoms with Gasteiger partial charge in [0.1, 0.15) is 47.8 Å². The van der Waals surface area contributed by atoms with Crippen molar-refractivity contribution in [1.29, 1.82) is 0 Å². The fourth-order valence-electron chi connectivity index (χ4n) is 7.46. The first-order valence-electron chi connectivity index (χ1n) is 21.3. The van der Waals surface area contributed by atoms with E-state index in [1.54, 1.807) is 55.5 Å². The fourth-order valence-corrected chi connectivity index (χ4v) is 8.21. The number of hydrogen-bond acceptors (Lipinski definition) is 15. The topological polar surface area (TPSA) is 250 Å². The van der Waals surface area contributed by atoms with E-state index in [1.807, 2.05) is 0 Å². The van der Waals surface area contributed by atoms with Gasteiger partial charge in [0.15, 0.2) is 5.43 Å². The molecule has 1 fully saturated rings. The van der Waals surface area contributed by atoms with Crippen molar-refractivity contribution in [3.05, 3.63) is 105 Å². The monoisotopic (exact) mass is 974 g/mol. The number of sulfonamides is 1. The molecule has 5 amide bonds. The molecule has 19 nitrogen and oxygen atoms in total. The largest absolute Gasteiger partial charge is 0.493 e. The molecule has 21 heteroatoms. The third kappa shape index (κ3) is 11.1. The molecule has 358 valence electrons. The lowest BCUT2D eigenvalue weighted by Gasteiger charge is -2.27. The second-order valence-electron chi connectivity index (χ2n) is 15.4. The highest BCUT2D eigenvalue weighted by Crippen LogP contribution is 2.39. The smallest absolute Gasteiger partial charge is 0.266 e. The van der Waals surface area contributed by atoms with Crippen LogP contribution in [0.3, 0.4) is 0 Å². The molecule has 5 aromatic rings. The Hall–Kier alpha value is -6.84. The fraction of sp³-hybridized carbons (Fsp3) is 0.319. The molecule has 0 radical (unpaired) electrons. The molecule has 1 saturated heterocycles. The van der Waals surface area contributed by atoms with Gasteiger partial charge >= 0.3 is 0 Å². The number of halogens is 1. The molecule has 3 heterocycles. The molecule has 7 rings (SSSR count). The lowest BCUT2D eigenvalue weighted by atomic mass is 9.98. The Morgan fingerprint density at radius 3 is 2.15 bits per heavy atom. The number of carbonyl (C=O) groups is 5. The number of nitrogens with one attached hydrogen (secondary N) is 1. The summed E-state index contributed by atoms with van der Waals surface area (Å²) >= 11 is 6.65. The Morgan fingerprint density at radius 1 is 0.809 bits per heavy atom. The predicted octanol–water partition coefficient (Wildman–Crippen LogP) is 4.58. The SMILES string of the molecule is CCOc1cc2oc(-c3ccc(OCCOCCOCCOCCOc4cccc5c4C(=O)N(C4CCC(=O)NC4=O)C5=O)cc3Cl)cc(=O)c2cc1-c1cc(C(N)=O)cc(N(C)S(C)(=O)=O)c1. The predicted molar refractivity (Wildman–Crippen MR) is 248 cm³/mol. The minimum atomic E-state index is -3.69. The zero-order valence-corrected chi connectivity index (χ0v) is 38.7. The van der Waals surface area contributed by atoms with Gasteiger partial charge in [0.2, 0.25) is 27.7 Å². The number of anilines is 1. The molecule has 0 bridgehead atoms.